The summed E-state index contributed by atoms with van der Waals surface area (Å²) in [6.07, 6.45) is 7.70. The summed E-state index contributed by atoms with van der Waals surface area (Å²) in [5.74, 6) is 1.23. The summed E-state index contributed by atoms with van der Waals surface area (Å²) in [5.41, 5.74) is 5.68. The Bertz CT molecular complexity index is 740. The van der Waals surface area contributed by atoms with E-state index in [1.54, 1.807) is 0 Å². The summed E-state index contributed by atoms with van der Waals surface area (Å²) in [4.78, 5) is 5.06. The second-order valence-corrected chi connectivity index (χ2v) is 7.39. The molecule has 1 aliphatic heterocycles. The molecule has 24 heavy (non-hydrogen) atoms. The maximum absolute atomic E-state index is 5.06. The molecule has 1 spiro atoms. The van der Waals surface area contributed by atoms with Gasteiger partial charge in [-0.15, -0.1) is 0 Å². The maximum Gasteiger partial charge on any atom is 0.108 e. The predicted octanol–water partition coefficient (Wildman–Crippen LogP) is 5.51. The minimum Gasteiger partial charge on any atom is -0.343 e. The molecule has 1 N–H and O–H groups in total. The van der Waals surface area contributed by atoms with E-state index in [1.807, 2.05) is 0 Å². The molecule has 1 aliphatic carbocycles. The molecule has 2 aromatic rings. The van der Waals surface area contributed by atoms with Gasteiger partial charge in [0, 0.05) is 11.1 Å². The Kier molecular flexibility index (Phi) is 4.13. The summed E-state index contributed by atoms with van der Waals surface area (Å²) in [6.45, 7) is 3.01. The molecular formula is C22H26N2. The molecule has 0 aromatic heterocycles. The quantitative estimate of drug-likeness (QED) is 0.775. The lowest BCUT2D eigenvalue weighted by molar-refractivity contribution is 0.278. The van der Waals surface area contributed by atoms with Crippen molar-refractivity contribution in [2.75, 3.05) is 5.32 Å². The van der Waals surface area contributed by atoms with Gasteiger partial charge in [0.25, 0.3) is 0 Å². The number of nitrogens with one attached hydrogen (secondary N) is 1. The van der Waals surface area contributed by atoms with E-state index >= 15 is 0 Å². The second-order valence-electron chi connectivity index (χ2n) is 7.39. The van der Waals surface area contributed by atoms with Crippen LogP contribution in [-0.4, -0.2) is 5.84 Å². The monoisotopic (exact) mass is 318 g/mol. The van der Waals surface area contributed by atoms with Gasteiger partial charge in [-0.2, -0.15) is 0 Å². The SMILES string of the molecule is Cc1cccc2c1CC1(CCCCC1)C(=NCc1ccccc1)N2. The molecule has 124 valence electrons. The van der Waals surface area contributed by atoms with Crippen molar-refractivity contribution in [3.05, 3.63) is 65.2 Å². The van der Waals surface area contributed by atoms with Crippen molar-refractivity contribution in [1.29, 1.82) is 0 Å². The van der Waals surface area contributed by atoms with Crippen LogP contribution in [0.4, 0.5) is 5.69 Å². The first kappa shape index (κ1) is 15.4. The van der Waals surface area contributed by atoms with Crippen LogP contribution in [-0.2, 0) is 13.0 Å². The number of hydrogen-bond acceptors (Lipinski definition) is 1. The van der Waals surface area contributed by atoms with Crippen LogP contribution in [0.15, 0.2) is 53.5 Å². The molecule has 2 aromatic carbocycles. The van der Waals surface area contributed by atoms with Crippen LogP contribution in [0.5, 0.6) is 0 Å². The lowest BCUT2D eigenvalue weighted by Gasteiger charge is -2.43. The summed E-state index contributed by atoms with van der Waals surface area (Å²) >= 11 is 0. The van der Waals surface area contributed by atoms with E-state index in [1.165, 1.54) is 60.3 Å². The van der Waals surface area contributed by atoms with Gasteiger partial charge in [-0.05, 0) is 48.9 Å². The first-order valence-corrected chi connectivity index (χ1v) is 9.21. The standard InChI is InChI=1S/C22H26N2/c1-17-9-8-12-20-19(17)15-22(13-6-3-7-14-22)21(24-20)23-16-18-10-4-2-5-11-18/h2,4-5,8-12H,3,6-7,13-16H2,1H3,(H,23,24). The van der Waals surface area contributed by atoms with Crippen LogP contribution in [0.2, 0.25) is 0 Å². The van der Waals surface area contributed by atoms with Crippen LogP contribution >= 0.6 is 0 Å². The number of amidine groups is 1. The fourth-order valence-corrected chi connectivity index (χ4v) is 4.34. The van der Waals surface area contributed by atoms with Crippen molar-refractivity contribution in [3.8, 4) is 0 Å². The highest BCUT2D eigenvalue weighted by atomic mass is 15.0. The molecule has 2 heteroatoms. The number of benzene rings is 2. The molecule has 0 atom stereocenters. The van der Waals surface area contributed by atoms with E-state index in [0.717, 1.165) is 13.0 Å². The molecule has 2 aliphatic rings. The van der Waals surface area contributed by atoms with Gasteiger partial charge < -0.3 is 5.32 Å². The number of nitrogens with zero attached hydrogens (tertiary/aromatic N) is 1. The number of fused-ring (bicyclic) bond motifs is 1. The molecule has 1 saturated carbocycles. The Balaban J connectivity index is 1.70. The summed E-state index contributed by atoms with van der Waals surface area (Å²) in [6, 6.07) is 17.2. The van der Waals surface area contributed by atoms with Crippen LogP contribution in [0.1, 0.15) is 48.8 Å². The van der Waals surface area contributed by atoms with Crippen LogP contribution < -0.4 is 5.32 Å². The van der Waals surface area contributed by atoms with Crippen molar-refractivity contribution in [2.45, 2.75) is 52.0 Å². The number of hydrogen-bond donors (Lipinski definition) is 1. The zero-order valence-electron chi connectivity index (χ0n) is 14.5. The number of aryl methyl sites for hydroxylation is 1. The van der Waals surface area contributed by atoms with E-state index in [4.69, 9.17) is 4.99 Å². The molecule has 0 unspecified atom stereocenters. The highest BCUT2D eigenvalue weighted by molar-refractivity contribution is 6.02. The van der Waals surface area contributed by atoms with Gasteiger partial charge in [0.15, 0.2) is 0 Å². The average Bonchev–Trinajstić information content (AvgIpc) is 2.63. The molecule has 2 nitrogen and oxygen atoms in total. The fourth-order valence-electron chi connectivity index (χ4n) is 4.34. The normalized spacial score (nSPS) is 20.6. The lowest BCUT2D eigenvalue weighted by atomic mass is 9.67. The third kappa shape index (κ3) is 2.86. The van der Waals surface area contributed by atoms with E-state index in [0.29, 0.717) is 0 Å². The molecule has 0 saturated heterocycles. The summed E-state index contributed by atoms with van der Waals surface area (Å²) < 4.78 is 0. The Labute approximate surface area is 145 Å². The molecule has 1 fully saturated rings. The molecule has 1 heterocycles. The Morgan fingerprint density at radius 1 is 0.958 bits per heavy atom. The first-order valence-electron chi connectivity index (χ1n) is 9.21. The number of aliphatic imine (C=N–C) groups is 1. The van der Waals surface area contributed by atoms with Gasteiger partial charge >= 0.3 is 0 Å². The molecular weight excluding hydrogens is 292 g/mol. The minimum atomic E-state index is 0.228. The van der Waals surface area contributed by atoms with Crippen molar-refractivity contribution in [3.63, 3.8) is 0 Å². The van der Waals surface area contributed by atoms with Gasteiger partial charge in [0.1, 0.15) is 5.84 Å². The smallest absolute Gasteiger partial charge is 0.108 e. The van der Waals surface area contributed by atoms with Crippen LogP contribution in [0, 0.1) is 12.3 Å². The topological polar surface area (TPSA) is 24.4 Å². The van der Waals surface area contributed by atoms with Crippen molar-refractivity contribution < 1.29 is 0 Å². The predicted molar refractivity (Wildman–Crippen MR) is 102 cm³/mol. The third-order valence-corrected chi connectivity index (χ3v) is 5.75. The first-order chi connectivity index (χ1) is 11.8. The lowest BCUT2D eigenvalue weighted by Crippen LogP contribution is -2.43. The summed E-state index contributed by atoms with van der Waals surface area (Å²) in [5, 5.41) is 3.72. The largest absolute Gasteiger partial charge is 0.343 e. The number of rotatable bonds is 2. The van der Waals surface area contributed by atoms with Gasteiger partial charge in [-0.25, -0.2) is 0 Å². The second kappa shape index (κ2) is 6.43. The minimum absolute atomic E-state index is 0.228. The van der Waals surface area contributed by atoms with Crippen molar-refractivity contribution in [1.82, 2.24) is 0 Å². The van der Waals surface area contributed by atoms with Gasteiger partial charge in [0.05, 0.1) is 6.54 Å². The van der Waals surface area contributed by atoms with Crippen LogP contribution in [0.3, 0.4) is 0 Å². The van der Waals surface area contributed by atoms with Crippen molar-refractivity contribution in [2.24, 2.45) is 10.4 Å². The van der Waals surface area contributed by atoms with E-state index in [2.05, 4.69) is 60.8 Å². The fraction of sp³-hybridized carbons (Fsp3) is 0.409. The van der Waals surface area contributed by atoms with Gasteiger partial charge in [-0.1, -0.05) is 61.7 Å². The molecule has 0 bridgehead atoms. The zero-order chi connectivity index (χ0) is 16.4. The van der Waals surface area contributed by atoms with E-state index in [9.17, 15) is 0 Å². The zero-order valence-corrected chi connectivity index (χ0v) is 14.5. The Morgan fingerprint density at radius 3 is 2.54 bits per heavy atom. The van der Waals surface area contributed by atoms with Gasteiger partial charge in [0.2, 0.25) is 0 Å². The Hall–Kier alpha value is -2.09. The maximum atomic E-state index is 5.06. The van der Waals surface area contributed by atoms with E-state index in [-0.39, 0.29) is 5.41 Å². The highest BCUT2D eigenvalue weighted by Crippen LogP contribution is 2.45. The number of anilines is 1. The highest BCUT2D eigenvalue weighted by Gasteiger charge is 2.41. The molecule has 0 radical (unpaired) electrons. The average molecular weight is 318 g/mol. The molecule has 0 amide bonds. The van der Waals surface area contributed by atoms with Crippen LogP contribution in [0.25, 0.3) is 0 Å². The third-order valence-electron chi connectivity index (χ3n) is 5.75. The summed E-state index contributed by atoms with van der Waals surface area (Å²) in [7, 11) is 0. The van der Waals surface area contributed by atoms with E-state index < -0.39 is 0 Å². The Morgan fingerprint density at radius 2 is 1.75 bits per heavy atom. The van der Waals surface area contributed by atoms with Crippen molar-refractivity contribution >= 4 is 11.5 Å². The van der Waals surface area contributed by atoms with Gasteiger partial charge in [-0.3, -0.25) is 4.99 Å². The molecule has 4 rings (SSSR count).